The Hall–Kier alpha value is -3.22. The summed E-state index contributed by atoms with van der Waals surface area (Å²) >= 11 is 0. The van der Waals surface area contributed by atoms with Crippen LogP contribution in [0.1, 0.15) is 22.8 Å². The van der Waals surface area contributed by atoms with Crippen molar-refractivity contribution in [1.29, 1.82) is 0 Å². The molecule has 2 aromatic rings. The average molecular weight is 384 g/mol. The lowest BCUT2D eigenvalue weighted by Gasteiger charge is -2.13. The number of carbonyl (C=O) groups is 1. The Balaban J connectivity index is 1.75. The standard InChI is InChI=1S/C21H28N4O3/c1-4-23-20(26)17-7-5-6-16(14-17)15-25-21(22-2)24-12-13-28-19-10-8-18(27-3)9-11-19/h5-11,14H,4,12-13,15H2,1-3H3,(H,23,26)(H2,22,24,25). The largest absolute Gasteiger partial charge is 0.497 e. The molecule has 0 aliphatic carbocycles. The third-order valence-electron chi connectivity index (χ3n) is 3.93. The first-order valence-corrected chi connectivity index (χ1v) is 9.24. The predicted molar refractivity (Wildman–Crippen MR) is 111 cm³/mol. The van der Waals surface area contributed by atoms with Crippen LogP contribution in [0, 0.1) is 0 Å². The summed E-state index contributed by atoms with van der Waals surface area (Å²) in [4.78, 5) is 16.1. The van der Waals surface area contributed by atoms with E-state index in [1.54, 1.807) is 20.2 Å². The molecule has 28 heavy (non-hydrogen) atoms. The normalized spacial score (nSPS) is 10.9. The molecule has 0 aliphatic rings. The molecule has 0 bridgehead atoms. The predicted octanol–water partition coefficient (Wildman–Crippen LogP) is 2.19. The molecule has 2 rings (SSSR count). The lowest BCUT2D eigenvalue weighted by atomic mass is 10.1. The van der Waals surface area contributed by atoms with Gasteiger partial charge in [-0.25, -0.2) is 0 Å². The molecular formula is C21H28N4O3. The van der Waals surface area contributed by atoms with Gasteiger partial charge in [0.1, 0.15) is 18.1 Å². The van der Waals surface area contributed by atoms with Gasteiger partial charge >= 0.3 is 0 Å². The van der Waals surface area contributed by atoms with Crippen LogP contribution in [0.5, 0.6) is 11.5 Å². The van der Waals surface area contributed by atoms with Crippen LogP contribution in [-0.4, -0.2) is 45.7 Å². The zero-order valence-corrected chi connectivity index (χ0v) is 16.6. The minimum atomic E-state index is -0.0671. The van der Waals surface area contributed by atoms with Crippen LogP contribution >= 0.6 is 0 Å². The van der Waals surface area contributed by atoms with Gasteiger partial charge in [-0.15, -0.1) is 0 Å². The van der Waals surface area contributed by atoms with Crippen molar-refractivity contribution in [2.24, 2.45) is 4.99 Å². The topological polar surface area (TPSA) is 84.0 Å². The van der Waals surface area contributed by atoms with Crippen molar-refractivity contribution < 1.29 is 14.3 Å². The number of aliphatic imine (C=N–C) groups is 1. The number of benzene rings is 2. The number of rotatable bonds is 9. The Bertz CT molecular complexity index is 775. The van der Waals surface area contributed by atoms with Gasteiger partial charge in [0.15, 0.2) is 5.96 Å². The Morgan fingerprint density at radius 3 is 2.46 bits per heavy atom. The van der Waals surface area contributed by atoms with Crippen LogP contribution in [0.2, 0.25) is 0 Å². The number of hydrogen-bond donors (Lipinski definition) is 3. The number of nitrogens with one attached hydrogen (secondary N) is 3. The Morgan fingerprint density at radius 2 is 1.79 bits per heavy atom. The number of amides is 1. The highest BCUT2D eigenvalue weighted by Crippen LogP contribution is 2.16. The molecule has 2 aromatic carbocycles. The van der Waals surface area contributed by atoms with Crippen LogP contribution in [0.4, 0.5) is 0 Å². The first-order chi connectivity index (χ1) is 13.7. The Kier molecular flexibility index (Phi) is 8.65. The molecule has 0 atom stereocenters. The number of ether oxygens (including phenoxy) is 2. The second-order valence-corrected chi connectivity index (χ2v) is 5.94. The Labute approximate surface area is 166 Å². The van der Waals surface area contributed by atoms with Crippen LogP contribution < -0.4 is 25.4 Å². The molecule has 0 saturated heterocycles. The molecule has 0 unspecified atom stereocenters. The number of hydrogen-bond acceptors (Lipinski definition) is 4. The Morgan fingerprint density at radius 1 is 1.04 bits per heavy atom. The molecule has 0 saturated carbocycles. The summed E-state index contributed by atoms with van der Waals surface area (Å²) in [7, 11) is 3.35. The van der Waals surface area contributed by atoms with Crippen molar-refractivity contribution in [2.45, 2.75) is 13.5 Å². The summed E-state index contributed by atoms with van der Waals surface area (Å²) < 4.78 is 10.8. The number of guanidine groups is 1. The molecule has 0 fully saturated rings. The first kappa shape index (κ1) is 21.1. The highest BCUT2D eigenvalue weighted by molar-refractivity contribution is 5.94. The lowest BCUT2D eigenvalue weighted by molar-refractivity contribution is 0.0955. The highest BCUT2D eigenvalue weighted by Gasteiger charge is 2.05. The van der Waals surface area contributed by atoms with Gasteiger partial charge in [0.05, 0.1) is 13.7 Å². The maximum absolute atomic E-state index is 11.9. The molecule has 150 valence electrons. The van der Waals surface area contributed by atoms with E-state index in [0.29, 0.717) is 37.8 Å². The van der Waals surface area contributed by atoms with Crippen LogP contribution in [-0.2, 0) is 6.54 Å². The minimum absolute atomic E-state index is 0.0671. The molecule has 7 heteroatoms. The van der Waals surface area contributed by atoms with Gasteiger partial charge in [-0.3, -0.25) is 9.79 Å². The number of methoxy groups -OCH3 is 1. The van der Waals surface area contributed by atoms with Gasteiger partial charge in [-0.05, 0) is 48.9 Å². The SMILES string of the molecule is CCNC(=O)c1cccc(CNC(=NC)NCCOc2ccc(OC)cc2)c1. The summed E-state index contributed by atoms with van der Waals surface area (Å²) in [6, 6.07) is 15.0. The van der Waals surface area contributed by atoms with E-state index in [2.05, 4.69) is 20.9 Å². The van der Waals surface area contributed by atoms with Gasteiger partial charge in [0.25, 0.3) is 5.91 Å². The molecule has 7 nitrogen and oxygen atoms in total. The monoisotopic (exact) mass is 384 g/mol. The van der Waals surface area contributed by atoms with E-state index in [1.807, 2.05) is 49.4 Å². The van der Waals surface area contributed by atoms with Gasteiger partial charge in [0.2, 0.25) is 0 Å². The quantitative estimate of drug-likeness (QED) is 0.351. The third-order valence-corrected chi connectivity index (χ3v) is 3.93. The van der Waals surface area contributed by atoms with Crippen LogP contribution in [0.3, 0.4) is 0 Å². The maximum Gasteiger partial charge on any atom is 0.251 e. The van der Waals surface area contributed by atoms with E-state index in [9.17, 15) is 4.79 Å². The molecular weight excluding hydrogens is 356 g/mol. The molecule has 0 aromatic heterocycles. The smallest absolute Gasteiger partial charge is 0.251 e. The summed E-state index contributed by atoms with van der Waals surface area (Å²) in [5.41, 5.74) is 1.65. The van der Waals surface area contributed by atoms with E-state index in [0.717, 1.165) is 17.1 Å². The second-order valence-electron chi connectivity index (χ2n) is 5.94. The van der Waals surface area contributed by atoms with Crippen molar-refractivity contribution in [3.8, 4) is 11.5 Å². The third kappa shape index (κ3) is 6.83. The fourth-order valence-corrected chi connectivity index (χ4v) is 2.50. The van der Waals surface area contributed by atoms with E-state index in [1.165, 1.54) is 0 Å². The zero-order valence-electron chi connectivity index (χ0n) is 16.6. The van der Waals surface area contributed by atoms with Crippen molar-refractivity contribution in [3.05, 3.63) is 59.7 Å². The molecule has 0 heterocycles. The minimum Gasteiger partial charge on any atom is -0.497 e. The van der Waals surface area contributed by atoms with Crippen LogP contribution in [0.25, 0.3) is 0 Å². The van der Waals surface area contributed by atoms with Crippen molar-refractivity contribution in [1.82, 2.24) is 16.0 Å². The van der Waals surface area contributed by atoms with Gasteiger partial charge in [-0.1, -0.05) is 12.1 Å². The summed E-state index contributed by atoms with van der Waals surface area (Å²) in [5, 5.41) is 9.24. The first-order valence-electron chi connectivity index (χ1n) is 9.24. The fraction of sp³-hybridized carbons (Fsp3) is 0.333. The summed E-state index contributed by atoms with van der Waals surface area (Å²) in [5.74, 6) is 2.18. The van der Waals surface area contributed by atoms with E-state index < -0.39 is 0 Å². The van der Waals surface area contributed by atoms with Crippen molar-refractivity contribution >= 4 is 11.9 Å². The summed E-state index contributed by atoms with van der Waals surface area (Å²) in [6.45, 7) is 4.17. The van der Waals surface area contributed by atoms with E-state index >= 15 is 0 Å². The van der Waals surface area contributed by atoms with Gasteiger partial charge < -0.3 is 25.4 Å². The maximum atomic E-state index is 11.9. The van der Waals surface area contributed by atoms with Gasteiger partial charge in [-0.2, -0.15) is 0 Å². The molecule has 0 aliphatic heterocycles. The van der Waals surface area contributed by atoms with Crippen LogP contribution in [0.15, 0.2) is 53.5 Å². The average Bonchev–Trinajstić information content (AvgIpc) is 2.74. The lowest BCUT2D eigenvalue weighted by Crippen LogP contribution is -2.38. The highest BCUT2D eigenvalue weighted by atomic mass is 16.5. The molecule has 3 N–H and O–H groups in total. The van der Waals surface area contributed by atoms with Crippen molar-refractivity contribution in [3.63, 3.8) is 0 Å². The van der Waals surface area contributed by atoms with Crippen molar-refractivity contribution in [2.75, 3.05) is 33.9 Å². The van der Waals surface area contributed by atoms with Gasteiger partial charge in [0, 0.05) is 25.7 Å². The van der Waals surface area contributed by atoms with E-state index in [-0.39, 0.29) is 5.91 Å². The zero-order chi connectivity index (χ0) is 20.2. The van der Waals surface area contributed by atoms with E-state index in [4.69, 9.17) is 9.47 Å². The molecule has 0 spiro atoms. The molecule has 1 amide bonds. The fourth-order valence-electron chi connectivity index (χ4n) is 2.50. The summed E-state index contributed by atoms with van der Waals surface area (Å²) in [6.07, 6.45) is 0. The second kappa shape index (κ2) is 11.5. The number of carbonyl (C=O) groups excluding carboxylic acids is 1. The number of nitrogens with zero attached hydrogens (tertiary/aromatic N) is 1. The molecule has 0 radical (unpaired) electrons.